The molecule has 0 saturated carbocycles. The number of hydrazine groups is 1. The van der Waals surface area contributed by atoms with Gasteiger partial charge in [0.05, 0.1) is 17.6 Å². The van der Waals surface area contributed by atoms with E-state index in [1.54, 1.807) is 25.3 Å². The van der Waals surface area contributed by atoms with Crippen LogP contribution in [-0.4, -0.2) is 7.11 Å². The van der Waals surface area contributed by atoms with Crippen molar-refractivity contribution in [3.05, 3.63) is 63.6 Å². The average molecular weight is 357 g/mol. The van der Waals surface area contributed by atoms with Crippen molar-refractivity contribution in [2.24, 2.45) is 5.84 Å². The van der Waals surface area contributed by atoms with E-state index in [-0.39, 0.29) is 16.5 Å². The lowest BCUT2D eigenvalue weighted by molar-refractivity contribution is 0.412. The molecule has 1 unspecified atom stereocenters. The van der Waals surface area contributed by atoms with Crippen molar-refractivity contribution in [1.82, 2.24) is 5.43 Å². The minimum absolute atomic E-state index is 0.0184. The van der Waals surface area contributed by atoms with Crippen LogP contribution in [-0.2, 0) is 6.42 Å². The van der Waals surface area contributed by atoms with E-state index in [9.17, 15) is 8.78 Å². The second-order valence-electron chi connectivity index (χ2n) is 4.52. The minimum Gasteiger partial charge on any atom is -0.497 e. The van der Waals surface area contributed by atoms with Crippen LogP contribution in [0, 0.1) is 11.6 Å². The van der Waals surface area contributed by atoms with E-state index >= 15 is 0 Å². The largest absolute Gasteiger partial charge is 0.497 e. The highest BCUT2D eigenvalue weighted by atomic mass is 79.9. The summed E-state index contributed by atoms with van der Waals surface area (Å²) in [4.78, 5) is 0. The molecule has 21 heavy (non-hydrogen) atoms. The van der Waals surface area contributed by atoms with Crippen molar-refractivity contribution >= 4 is 15.9 Å². The Morgan fingerprint density at radius 1 is 1.29 bits per heavy atom. The maximum absolute atomic E-state index is 14.0. The Kier molecular flexibility index (Phi) is 5.27. The molecule has 2 rings (SSSR count). The molecule has 0 fully saturated rings. The zero-order valence-corrected chi connectivity index (χ0v) is 13.0. The standard InChI is InChI=1S/C15H15BrF2N2O/c1-21-10-4-2-3-9(7-10)14(20-19)8-11-13(17)6-5-12(16)15(11)18/h2-7,14,20H,8,19H2,1H3. The van der Waals surface area contributed by atoms with Gasteiger partial charge < -0.3 is 4.74 Å². The van der Waals surface area contributed by atoms with Gasteiger partial charge in [0.15, 0.2) is 0 Å². The van der Waals surface area contributed by atoms with Crippen molar-refractivity contribution in [1.29, 1.82) is 0 Å². The first-order chi connectivity index (χ1) is 10.1. The van der Waals surface area contributed by atoms with Gasteiger partial charge in [-0.05, 0) is 52.2 Å². The van der Waals surface area contributed by atoms with Crippen molar-refractivity contribution < 1.29 is 13.5 Å². The lowest BCUT2D eigenvalue weighted by Crippen LogP contribution is -2.30. The summed E-state index contributed by atoms with van der Waals surface area (Å²) in [5.74, 6) is 4.98. The Morgan fingerprint density at radius 3 is 2.71 bits per heavy atom. The summed E-state index contributed by atoms with van der Waals surface area (Å²) < 4.78 is 33.2. The van der Waals surface area contributed by atoms with Gasteiger partial charge >= 0.3 is 0 Å². The SMILES string of the molecule is COc1cccc(C(Cc2c(F)ccc(Br)c2F)NN)c1. The molecule has 0 amide bonds. The van der Waals surface area contributed by atoms with E-state index in [4.69, 9.17) is 10.6 Å². The van der Waals surface area contributed by atoms with Crippen LogP contribution >= 0.6 is 15.9 Å². The predicted octanol–water partition coefficient (Wildman–Crippen LogP) is 3.48. The predicted molar refractivity (Wildman–Crippen MR) is 80.8 cm³/mol. The molecule has 0 spiro atoms. The van der Waals surface area contributed by atoms with Crippen molar-refractivity contribution in [3.63, 3.8) is 0 Å². The molecule has 2 aromatic carbocycles. The molecule has 6 heteroatoms. The van der Waals surface area contributed by atoms with Gasteiger partial charge in [0, 0.05) is 5.56 Å². The number of nitrogens with one attached hydrogen (secondary N) is 1. The molecular formula is C15H15BrF2N2O. The molecule has 112 valence electrons. The van der Waals surface area contributed by atoms with Crippen LogP contribution < -0.4 is 16.0 Å². The Labute approximate surface area is 130 Å². The van der Waals surface area contributed by atoms with Crippen LogP contribution in [0.3, 0.4) is 0 Å². The number of ether oxygens (including phenoxy) is 1. The lowest BCUT2D eigenvalue weighted by Gasteiger charge is -2.18. The fourth-order valence-corrected chi connectivity index (χ4v) is 2.46. The third kappa shape index (κ3) is 3.58. The molecular weight excluding hydrogens is 342 g/mol. The molecule has 0 radical (unpaired) electrons. The average Bonchev–Trinajstić information content (AvgIpc) is 2.51. The normalized spacial score (nSPS) is 12.2. The molecule has 1 atom stereocenters. The summed E-state index contributed by atoms with van der Waals surface area (Å²) in [7, 11) is 1.55. The number of benzene rings is 2. The maximum atomic E-state index is 14.0. The summed E-state index contributed by atoms with van der Waals surface area (Å²) in [5, 5.41) is 0. The van der Waals surface area contributed by atoms with Crippen molar-refractivity contribution in [2.45, 2.75) is 12.5 Å². The molecule has 3 nitrogen and oxygen atoms in total. The van der Waals surface area contributed by atoms with E-state index in [1.165, 1.54) is 12.1 Å². The molecule has 0 heterocycles. The van der Waals surface area contributed by atoms with E-state index in [2.05, 4.69) is 21.4 Å². The van der Waals surface area contributed by atoms with E-state index < -0.39 is 17.7 Å². The fraction of sp³-hybridized carbons (Fsp3) is 0.200. The highest BCUT2D eigenvalue weighted by Gasteiger charge is 2.18. The van der Waals surface area contributed by atoms with Crippen molar-refractivity contribution in [3.8, 4) is 5.75 Å². The summed E-state index contributed by atoms with van der Waals surface area (Å²) >= 11 is 3.06. The Bertz CT molecular complexity index is 637. The fourth-order valence-electron chi connectivity index (χ4n) is 2.09. The Balaban J connectivity index is 2.33. The Morgan fingerprint density at radius 2 is 2.05 bits per heavy atom. The number of hydrogen-bond donors (Lipinski definition) is 2. The van der Waals surface area contributed by atoms with Gasteiger partial charge in [0.1, 0.15) is 17.4 Å². The summed E-state index contributed by atoms with van der Waals surface area (Å²) in [6.45, 7) is 0. The molecule has 2 aromatic rings. The van der Waals surface area contributed by atoms with Crippen LogP contribution in [0.15, 0.2) is 40.9 Å². The quantitative estimate of drug-likeness (QED) is 0.489. The zero-order valence-electron chi connectivity index (χ0n) is 11.4. The molecule has 0 saturated heterocycles. The van der Waals surface area contributed by atoms with Crippen LogP contribution in [0.2, 0.25) is 0 Å². The molecule has 0 aliphatic carbocycles. The maximum Gasteiger partial charge on any atom is 0.143 e. The minimum atomic E-state index is -0.613. The van der Waals surface area contributed by atoms with Gasteiger partial charge in [-0.15, -0.1) is 0 Å². The number of methoxy groups -OCH3 is 1. The summed E-state index contributed by atoms with van der Waals surface area (Å²) in [6, 6.07) is 9.31. The number of hydrogen-bond acceptors (Lipinski definition) is 3. The van der Waals surface area contributed by atoms with Crippen molar-refractivity contribution in [2.75, 3.05) is 7.11 Å². The zero-order chi connectivity index (χ0) is 15.4. The second-order valence-corrected chi connectivity index (χ2v) is 5.38. The number of rotatable bonds is 5. The number of halogens is 3. The first-order valence-corrected chi connectivity index (χ1v) is 7.08. The van der Waals surface area contributed by atoms with E-state index in [0.29, 0.717) is 5.75 Å². The topological polar surface area (TPSA) is 47.3 Å². The van der Waals surface area contributed by atoms with E-state index in [1.807, 2.05) is 6.07 Å². The molecule has 0 aromatic heterocycles. The second kappa shape index (κ2) is 6.98. The summed E-state index contributed by atoms with van der Waals surface area (Å²) in [5.41, 5.74) is 3.36. The number of nitrogens with two attached hydrogens (primary N) is 1. The highest BCUT2D eigenvalue weighted by Crippen LogP contribution is 2.27. The molecule has 3 N–H and O–H groups in total. The molecule has 0 bridgehead atoms. The van der Waals surface area contributed by atoms with Crippen LogP contribution in [0.4, 0.5) is 8.78 Å². The molecule has 0 aliphatic rings. The monoisotopic (exact) mass is 356 g/mol. The first-order valence-electron chi connectivity index (χ1n) is 6.29. The van der Waals surface area contributed by atoms with Gasteiger partial charge in [-0.1, -0.05) is 12.1 Å². The van der Waals surface area contributed by atoms with Gasteiger partial charge in [-0.25, -0.2) is 8.78 Å². The van der Waals surface area contributed by atoms with Gasteiger partial charge in [-0.3, -0.25) is 11.3 Å². The van der Waals surface area contributed by atoms with Crippen LogP contribution in [0.1, 0.15) is 17.2 Å². The van der Waals surface area contributed by atoms with Crippen LogP contribution in [0.25, 0.3) is 0 Å². The smallest absolute Gasteiger partial charge is 0.143 e. The highest BCUT2D eigenvalue weighted by molar-refractivity contribution is 9.10. The third-order valence-corrected chi connectivity index (χ3v) is 3.86. The lowest BCUT2D eigenvalue weighted by atomic mass is 9.98. The van der Waals surface area contributed by atoms with Gasteiger partial charge in [0.2, 0.25) is 0 Å². The van der Waals surface area contributed by atoms with Gasteiger partial charge in [-0.2, -0.15) is 0 Å². The van der Waals surface area contributed by atoms with E-state index in [0.717, 1.165) is 5.56 Å². The first kappa shape index (κ1) is 15.9. The van der Waals surface area contributed by atoms with Gasteiger partial charge in [0.25, 0.3) is 0 Å². The third-order valence-electron chi connectivity index (χ3n) is 3.24. The molecule has 0 aliphatic heterocycles. The van der Waals surface area contributed by atoms with Crippen LogP contribution in [0.5, 0.6) is 5.75 Å². The summed E-state index contributed by atoms with van der Waals surface area (Å²) in [6.07, 6.45) is 0.0841. The Hall–Kier alpha value is -1.50.